The Bertz CT molecular complexity index is 508. The van der Waals surface area contributed by atoms with Crippen LogP contribution in [0.15, 0.2) is 0 Å². The molecule has 34 heavy (non-hydrogen) atoms. The number of carboxylic acids is 1. The summed E-state index contributed by atoms with van der Waals surface area (Å²) in [6.07, 6.45) is 23.9. The Labute approximate surface area is 211 Å². The lowest BCUT2D eigenvalue weighted by atomic mass is 9.82. The van der Waals surface area contributed by atoms with Crippen LogP contribution in [0.2, 0.25) is 0 Å². The van der Waals surface area contributed by atoms with Crippen molar-refractivity contribution in [2.24, 2.45) is 17.8 Å². The highest BCUT2D eigenvalue weighted by atomic mass is 16.5. The van der Waals surface area contributed by atoms with Crippen LogP contribution in [0.4, 0.5) is 0 Å². The maximum Gasteiger partial charge on any atom is 0.309 e. The second kappa shape index (κ2) is 20.2. The van der Waals surface area contributed by atoms with Gasteiger partial charge in [-0.1, -0.05) is 104 Å². The van der Waals surface area contributed by atoms with Gasteiger partial charge in [0.25, 0.3) is 0 Å². The number of aliphatic carboxylic acids is 1. The standard InChI is InChI=1S/C30H56O4/c1-4-5-6-7-8-9-13-16-19-28(20-17-14-11-10-12-15-18-25(2)3)34-30(33)27-23-21-26(22-24-27)29(31)32/h25-28H,4-24H2,1-3H3,(H,31,32). The lowest BCUT2D eigenvalue weighted by molar-refractivity contribution is -0.158. The normalized spacial score (nSPS) is 19.3. The summed E-state index contributed by atoms with van der Waals surface area (Å²) in [7, 11) is 0. The molecular formula is C30H56O4. The van der Waals surface area contributed by atoms with E-state index in [0.717, 1.165) is 31.6 Å². The summed E-state index contributed by atoms with van der Waals surface area (Å²) in [4.78, 5) is 24.0. The molecule has 200 valence electrons. The van der Waals surface area contributed by atoms with Gasteiger partial charge in [-0.25, -0.2) is 0 Å². The number of ether oxygens (including phenoxy) is 1. The summed E-state index contributed by atoms with van der Waals surface area (Å²) in [5, 5.41) is 9.21. The first-order chi connectivity index (χ1) is 16.4. The molecule has 0 aliphatic heterocycles. The molecule has 0 heterocycles. The highest BCUT2D eigenvalue weighted by Gasteiger charge is 2.31. The van der Waals surface area contributed by atoms with Crippen LogP contribution in [0.25, 0.3) is 0 Å². The zero-order valence-corrected chi connectivity index (χ0v) is 22.8. The number of unbranched alkanes of at least 4 members (excludes halogenated alkanes) is 12. The minimum Gasteiger partial charge on any atom is -0.481 e. The highest BCUT2D eigenvalue weighted by Crippen LogP contribution is 2.30. The monoisotopic (exact) mass is 480 g/mol. The van der Waals surface area contributed by atoms with E-state index in [4.69, 9.17) is 4.74 Å². The highest BCUT2D eigenvalue weighted by molar-refractivity contribution is 5.74. The second-order valence-corrected chi connectivity index (χ2v) is 11.3. The van der Waals surface area contributed by atoms with E-state index in [2.05, 4.69) is 20.8 Å². The van der Waals surface area contributed by atoms with E-state index in [9.17, 15) is 14.7 Å². The van der Waals surface area contributed by atoms with Crippen molar-refractivity contribution >= 4 is 11.9 Å². The molecule has 0 aromatic heterocycles. The average molecular weight is 481 g/mol. The molecule has 0 spiro atoms. The molecule has 1 fully saturated rings. The van der Waals surface area contributed by atoms with Crippen LogP contribution >= 0.6 is 0 Å². The number of esters is 1. The van der Waals surface area contributed by atoms with Crippen molar-refractivity contribution in [2.75, 3.05) is 0 Å². The number of hydrogen-bond donors (Lipinski definition) is 1. The smallest absolute Gasteiger partial charge is 0.309 e. The van der Waals surface area contributed by atoms with E-state index in [1.165, 1.54) is 83.5 Å². The lowest BCUT2D eigenvalue weighted by Gasteiger charge is -2.27. The zero-order valence-electron chi connectivity index (χ0n) is 22.8. The van der Waals surface area contributed by atoms with Crippen molar-refractivity contribution < 1.29 is 19.4 Å². The molecule has 1 saturated carbocycles. The summed E-state index contributed by atoms with van der Waals surface area (Å²) >= 11 is 0. The van der Waals surface area contributed by atoms with Gasteiger partial charge in [0.1, 0.15) is 6.10 Å². The van der Waals surface area contributed by atoms with E-state index in [1.807, 2.05) is 0 Å². The molecule has 1 atom stereocenters. The van der Waals surface area contributed by atoms with Gasteiger partial charge in [-0.2, -0.15) is 0 Å². The predicted molar refractivity (Wildman–Crippen MR) is 142 cm³/mol. The maximum atomic E-state index is 12.8. The first-order valence-corrected chi connectivity index (χ1v) is 14.9. The largest absolute Gasteiger partial charge is 0.481 e. The molecule has 0 amide bonds. The fourth-order valence-corrected chi connectivity index (χ4v) is 5.24. The van der Waals surface area contributed by atoms with E-state index < -0.39 is 5.97 Å². The van der Waals surface area contributed by atoms with Crippen molar-refractivity contribution in [2.45, 2.75) is 162 Å². The third-order valence-corrected chi connectivity index (χ3v) is 7.63. The van der Waals surface area contributed by atoms with Gasteiger partial charge < -0.3 is 9.84 Å². The Morgan fingerprint density at radius 2 is 1.09 bits per heavy atom. The Morgan fingerprint density at radius 3 is 1.53 bits per heavy atom. The van der Waals surface area contributed by atoms with Crippen LogP contribution in [0.1, 0.15) is 156 Å². The summed E-state index contributed by atoms with van der Waals surface area (Å²) < 4.78 is 6.03. The Balaban J connectivity index is 2.32. The van der Waals surface area contributed by atoms with Gasteiger partial charge in [-0.3, -0.25) is 9.59 Å². The molecule has 1 unspecified atom stereocenters. The summed E-state index contributed by atoms with van der Waals surface area (Å²) in [5.41, 5.74) is 0. The van der Waals surface area contributed by atoms with Crippen LogP contribution in [0, 0.1) is 17.8 Å². The van der Waals surface area contributed by atoms with Crippen LogP contribution < -0.4 is 0 Å². The van der Waals surface area contributed by atoms with Gasteiger partial charge >= 0.3 is 11.9 Å². The molecular weight excluding hydrogens is 424 g/mol. The molecule has 1 rings (SSSR count). The number of hydrogen-bond acceptors (Lipinski definition) is 3. The Morgan fingerprint density at radius 1 is 0.676 bits per heavy atom. The van der Waals surface area contributed by atoms with Gasteiger partial charge in [-0.15, -0.1) is 0 Å². The predicted octanol–water partition coefficient (Wildman–Crippen LogP) is 9.10. The SMILES string of the molecule is CCCCCCCCCCC(CCCCCCCCC(C)C)OC(=O)C1CCC(C(=O)O)CC1. The van der Waals surface area contributed by atoms with E-state index in [1.54, 1.807) is 0 Å². The minimum absolute atomic E-state index is 0.0470. The minimum atomic E-state index is -0.719. The van der Waals surface area contributed by atoms with Crippen LogP contribution in [0.3, 0.4) is 0 Å². The molecule has 4 heteroatoms. The molecule has 1 N–H and O–H groups in total. The third-order valence-electron chi connectivity index (χ3n) is 7.63. The van der Waals surface area contributed by atoms with Crippen molar-refractivity contribution in [3.8, 4) is 0 Å². The summed E-state index contributed by atoms with van der Waals surface area (Å²) in [6.45, 7) is 6.85. The van der Waals surface area contributed by atoms with Gasteiger partial charge in [0.2, 0.25) is 0 Å². The number of carbonyl (C=O) groups excluding carboxylic acids is 1. The second-order valence-electron chi connectivity index (χ2n) is 11.3. The van der Waals surface area contributed by atoms with Gasteiger partial charge in [0.15, 0.2) is 0 Å². The first-order valence-electron chi connectivity index (χ1n) is 14.9. The molecule has 0 radical (unpaired) electrons. The number of carbonyl (C=O) groups is 2. The number of carboxylic acid groups (broad SMARTS) is 1. The molecule has 1 aliphatic rings. The molecule has 0 aromatic rings. The zero-order chi connectivity index (χ0) is 25.0. The van der Waals surface area contributed by atoms with Crippen LogP contribution in [-0.4, -0.2) is 23.1 Å². The molecule has 1 aliphatic carbocycles. The molecule has 0 saturated heterocycles. The first kappa shape index (κ1) is 31.0. The Kier molecular flexibility index (Phi) is 18.4. The average Bonchev–Trinajstić information content (AvgIpc) is 2.81. The fraction of sp³-hybridized carbons (Fsp3) is 0.933. The molecule has 4 nitrogen and oxygen atoms in total. The lowest BCUT2D eigenvalue weighted by Crippen LogP contribution is -2.29. The van der Waals surface area contributed by atoms with Gasteiger partial charge in [-0.05, 0) is 57.3 Å². The fourth-order valence-electron chi connectivity index (χ4n) is 5.24. The topological polar surface area (TPSA) is 63.6 Å². The number of rotatable bonds is 21. The summed E-state index contributed by atoms with van der Waals surface area (Å²) in [5.74, 6) is -0.355. The van der Waals surface area contributed by atoms with Crippen molar-refractivity contribution in [3.05, 3.63) is 0 Å². The van der Waals surface area contributed by atoms with Crippen molar-refractivity contribution in [1.82, 2.24) is 0 Å². The van der Waals surface area contributed by atoms with E-state index in [0.29, 0.717) is 25.7 Å². The van der Waals surface area contributed by atoms with Gasteiger partial charge in [0, 0.05) is 0 Å². The van der Waals surface area contributed by atoms with E-state index in [-0.39, 0.29) is 23.9 Å². The Hall–Kier alpha value is -1.06. The van der Waals surface area contributed by atoms with E-state index >= 15 is 0 Å². The third kappa shape index (κ3) is 15.8. The van der Waals surface area contributed by atoms with Crippen LogP contribution in [-0.2, 0) is 14.3 Å². The van der Waals surface area contributed by atoms with Crippen molar-refractivity contribution in [1.29, 1.82) is 0 Å². The molecule has 0 bridgehead atoms. The van der Waals surface area contributed by atoms with Crippen molar-refractivity contribution in [3.63, 3.8) is 0 Å². The maximum absolute atomic E-state index is 12.8. The van der Waals surface area contributed by atoms with Crippen LogP contribution in [0.5, 0.6) is 0 Å². The summed E-state index contributed by atoms with van der Waals surface area (Å²) in [6, 6.07) is 0. The van der Waals surface area contributed by atoms with Gasteiger partial charge in [0.05, 0.1) is 11.8 Å². The molecule has 0 aromatic carbocycles. The quantitative estimate of drug-likeness (QED) is 0.131.